The van der Waals surface area contributed by atoms with Crippen molar-refractivity contribution in [1.29, 1.82) is 0 Å². The van der Waals surface area contributed by atoms with Gasteiger partial charge in [-0.25, -0.2) is 0 Å². The predicted octanol–water partition coefficient (Wildman–Crippen LogP) is 2.71. The summed E-state index contributed by atoms with van der Waals surface area (Å²) >= 11 is 12.3. The molecule has 4 nitrogen and oxygen atoms in total. The molecule has 1 saturated heterocycles. The second-order valence-corrected chi connectivity index (χ2v) is 5.39. The van der Waals surface area contributed by atoms with Crippen molar-refractivity contribution < 1.29 is 9.53 Å². The van der Waals surface area contributed by atoms with Crippen molar-refractivity contribution in [2.24, 2.45) is 0 Å². The molecule has 1 aliphatic rings. The summed E-state index contributed by atoms with van der Waals surface area (Å²) in [6.07, 6.45) is 0.985. The quantitative estimate of drug-likeness (QED) is 0.867. The van der Waals surface area contributed by atoms with Crippen LogP contribution >= 0.6 is 23.2 Å². The summed E-state index contributed by atoms with van der Waals surface area (Å²) in [5, 5.41) is 4.72. The zero-order valence-electron chi connectivity index (χ0n) is 10.5. The maximum atomic E-state index is 12.4. The highest BCUT2D eigenvalue weighted by molar-refractivity contribution is 6.39. The van der Waals surface area contributed by atoms with Gasteiger partial charge in [0, 0.05) is 29.7 Å². The van der Waals surface area contributed by atoms with Crippen molar-refractivity contribution in [3.8, 4) is 0 Å². The lowest BCUT2D eigenvalue weighted by atomic mass is 10.0. The van der Waals surface area contributed by atoms with Crippen LogP contribution in [0.25, 0.3) is 10.9 Å². The van der Waals surface area contributed by atoms with Crippen LogP contribution in [0.3, 0.4) is 0 Å². The van der Waals surface area contributed by atoms with Gasteiger partial charge in [-0.1, -0.05) is 23.2 Å². The van der Waals surface area contributed by atoms with Gasteiger partial charge < -0.3 is 10.1 Å². The molecule has 20 heavy (non-hydrogen) atoms. The van der Waals surface area contributed by atoms with Crippen molar-refractivity contribution in [1.82, 2.24) is 10.3 Å². The Morgan fingerprint density at radius 2 is 2.25 bits per heavy atom. The van der Waals surface area contributed by atoms with Crippen LogP contribution < -0.4 is 5.32 Å². The Hall–Kier alpha value is -1.20. The number of rotatable bonds is 2. The lowest BCUT2D eigenvalue weighted by Gasteiger charge is -2.22. The third kappa shape index (κ3) is 2.52. The van der Waals surface area contributed by atoms with Crippen LogP contribution in [0.5, 0.6) is 0 Å². The number of ether oxygens (including phenoxy) is 1. The molecule has 2 heterocycles. The third-order valence-corrected chi connectivity index (χ3v) is 3.89. The van der Waals surface area contributed by atoms with E-state index < -0.39 is 6.10 Å². The number of Topliss-reactive ketones (excluding diaryl/α,β-unsaturated/α-hetero) is 1. The average Bonchev–Trinajstić information content (AvgIpc) is 2.48. The van der Waals surface area contributed by atoms with Gasteiger partial charge in [-0.2, -0.15) is 0 Å². The zero-order chi connectivity index (χ0) is 14.1. The van der Waals surface area contributed by atoms with Crippen molar-refractivity contribution in [3.05, 3.63) is 40.0 Å². The maximum absolute atomic E-state index is 12.4. The Morgan fingerprint density at radius 3 is 3.00 bits per heavy atom. The van der Waals surface area contributed by atoms with E-state index in [9.17, 15) is 4.79 Å². The summed E-state index contributed by atoms with van der Waals surface area (Å²) < 4.78 is 5.46. The fourth-order valence-corrected chi connectivity index (χ4v) is 2.68. The number of nitrogens with zero attached hydrogens (tertiary/aromatic N) is 1. The molecule has 1 aromatic carbocycles. The van der Waals surface area contributed by atoms with Crippen LogP contribution in [0.4, 0.5) is 0 Å². The summed E-state index contributed by atoms with van der Waals surface area (Å²) in [6, 6.07) is 5.22. The number of pyridine rings is 1. The molecule has 0 spiro atoms. The maximum Gasteiger partial charge on any atom is 0.195 e. The molecule has 0 saturated carbocycles. The molecular formula is C14H12Cl2N2O2. The standard InChI is InChI=1S/C14H12Cl2N2O2/c15-8-1-2-11-9(5-8)13(16)10(6-18-11)14(19)12-7-17-3-4-20-12/h1-2,5-6,12,17H,3-4,7H2. The lowest BCUT2D eigenvalue weighted by molar-refractivity contribution is 0.0269. The van der Waals surface area contributed by atoms with E-state index in [-0.39, 0.29) is 5.78 Å². The number of halogens is 2. The van der Waals surface area contributed by atoms with Gasteiger partial charge >= 0.3 is 0 Å². The average molecular weight is 311 g/mol. The molecule has 104 valence electrons. The number of benzene rings is 1. The Kier molecular flexibility index (Phi) is 3.89. The minimum atomic E-state index is -0.514. The number of carbonyl (C=O) groups excluding carboxylic acids is 1. The summed E-state index contributed by atoms with van der Waals surface area (Å²) in [6.45, 7) is 1.76. The van der Waals surface area contributed by atoms with E-state index in [4.69, 9.17) is 27.9 Å². The number of morpholine rings is 1. The highest BCUT2D eigenvalue weighted by atomic mass is 35.5. The molecule has 1 aromatic heterocycles. The summed E-state index contributed by atoms with van der Waals surface area (Å²) in [5.41, 5.74) is 1.08. The summed E-state index contributed by atoms with van der Waals surface area (Å²) in [4.78, 5) is 16.7. The number of hydrogen-bond acceptors (Lipinski definition) is 4. The first-order chi connectivity index (χ1) is 9.66. The van der Waals surface area contributed by atoms with Crippen molar-refractivity contribution in [2.75, 3.05) is 19.7 Å². The van der Waals surface area contributed by atoms with Gasteiger partial charge in [0.2, 0.25) is 0 Å². The molecule has 0 amide bonds. The van der Waals surface area contributed by atoms with Gasteiger partial charge in [0.25, 0.3) is 0 Å². The zero-order valence-corrected chi connectivity index (χ0v) is 12.0. The van der Waals surface area contributed by atoms with E-state index >= 15 is 0 Å². The van der Waals surface area contributed by atoms with Crippen LogP contribution in [0.15, 0.2) is 24.4 Å². The largest absolute Gasteiger partial charge is 0.367 e. The van der Waals surface area contributed by atoms with E-state index in [0.717, 1.165) is 6.54 Å². The van der Waals surface area contributed by atoms with E-state index in [1.54, 1.807) is 18.2 Å². The minimum absolute atomic E-state index is 0.156. The summed E-state index contributed by atoms with van der Waals surface area (Å²) in [5.74, 6) is -0.156. The predicted molar refractivity (Wildman–Crippen MR) is 78.7 cm³/mol. The van der Waals surface area contributed by atoms with Crippen LogP contribution in [0.1, 0.15) is 10.4 Å². The SMILES string of the molecule is O=C(c1cnc2ccc(Cl)cc2c1Cl)C1CNCCO1. The Balaban J connectivity index is 2.02. The van der Waals surface area contributed by atoms with Gasteiger partial charge in [0.15, 0.2) is 5.78 Å². The van der Waals surface area contributed by atoms with Crippen LogP contribution in [0, 0.1) is 0 Å². The molecule has 6 heteroatoms. The van der Waals surface area contributed by atoms with Crippen LogP contribution in [-0.2, 0) is 4.74 Å². The molecule has 1 aliphatic heterocycles. The molecule has 1 unspecified atom stereocenters. The third-order valence-electron chi connectivity index (χ3n) is 3.25. The Bertz CT molecular complexity index is 670. The molecule has 0 aliphatic carbocycles. The Labute approximate surface area is 126 Å². The molecule has 0 radical (unpaired) electrons. The molecule has 1 N–H and O–H groups in total. The first-order valence-electron chi connectivity index (χ1n) is 6.27. The second kappa shape index (κ2) is 5.66. The molecule has 1 fully saturated rings. The highest BCUT2D eigenvalue weighted by Gasteiger charge is 2.25. The fraction of sp³-hybridized carbons (Fsp3) is 0.286. The van der Waals surface area contributed by atoms with Crippen LogP contribution in [0.2, 0.25) is 10.0 Å². The number of ketones is 1. The number of hydrogen-bond donors (Lipinski definition) is 1. The topological polar surface area (TPSA) is 51.2 Å². The Morgan fingerprint density at radius 1 is 1.40 bits per heavy atom. The van der Waals surface area contributed by atoms with Crippen molar-refractivity contribution in [3.63, 3.8) is 0 Å². The number of carbonyl (C=O) groups is 1. The molecule has 0 bridgehead atoms. The minimum Gasteiger partial charge on any atom is -0.367 e. The first-order valence-corrected chi connectivity index (χ1v) is 7.02. The van der Waals surface area contributed by atoms with E-state index in [1.807, 2.05) is 0 Å². The van der Waals surface area contributed by atoms with E-state index in [2.05, 4.69) is 10.3 Å². The number of aromatic nitrogens is 1. The van der Waals surface area contributed by atoms with Gasteiger partial charge in [0.1, 0.15) is 6.10 Å². The van der Waals surface area contributed by atoms with Gasteiger partial charge in [-0.15, -0.1) is 0 Å². The lowest BCUT2D eigenvalue weighted by Crippen LogP contribution is -2.43. The van der Waals surface area contributed by atoms with Crippen molar-refractivity contribution >= 4 is 39.9 Å². The monoisotopic (exact) mass is 310 g/mol. The van der Waals surface area contributed by atoms with Crippen LogP contribution in [-0.4, -0.2) is 36.6 Å². The number of nitrogens with one attached hydrogen (secondary N) is 1. The van der Waals surface area contributed by atoms with E-state index in [0.29, 0.717) is 39.7 Å². The molecular weight excluding hydrogens is 299 g/mol. The van der Waals surface area contributed by atoms with Gasteiger partial charge in [-0.3, -0.25) is 9.78 Å². The number of fused-ring (bicyclic) bond motifs is 1. The fourth-order valence-electron chi connectivity index (χ4n) is 2.21. The highest BCUT2D eigenvalue weighted by Crippen LogP contribution is 2.29. The van der Waals surface area contributed by atoms with Crippen molar-refractivity contribution in [2.45, 2.75) is 6.10 Å². The van der Waals surface area contributed by atoms with E-state index in [1.165, 1.54) is 6.20 Å². The first kappa shape index (κ1) is 13.8. The van der Waals surface area contributed by atoms with Gasteiger partial charge in [0.05, 0.1) is 22.7 Å². The summed E-state index contributed by atoms with van der Waals surface area (Å²) in [7, 11) is 0. The van der Waals surface area contributed by atoms with Gasteiger partial charge in [-0.05, 0) is 18.2 Å². The smallest absolute Gasteiger partial charge is 0.195 e. The molecule has 3 rings (SSSR count). The molecule has 1 atom stereocenters. The normalized spacial score (nSPS) is 19.2. The second-order valence-electron chi connectivity index (χ2n) is 4.58. The molecule has 2 aromatic rings.